The van der Waals surface area contributed by atoms with Crippen LogP contribution in [-0.4, -0.2) is 16.5 Å². The molecule has 1 saturated carbocycles. The van der Waals surface area contributed by atoms with Crippen molar-refractivity contribution in [2.45, 2.75) is 52.4 Å². The van der Waals surface area contributed by atoms with Crippen molar-refractivity contribution in [3.63, 3.8) is 0 Å². The molecule has 0 amide bonds. The molecule has 1 heterocycles. The first-order chi connectivity index (χ1) is 9.17. The zero-order valence-electron chi connectivity index (χ0n) is 12.0. The van der Waals surface area contributed by atoms with E-state index < -0.39 is 0 Å². The van der Waals surface area contributed by atoms with Crippen LogP contribution in [0.3, 0.4) is 0 Å². The van der Waals surface area contributed by atoms with Crippen molar-refractivity contribution in [3.05, 3.63) is 22.2 Å². The fourth-order valence-corrected chi connectivity index (χ4v) is 2.99. The molecule has 0 aliphatic heterocycles. The number of aryl methyl sites for hydroxylation is 1. The van der Waals surface area contributed by atoms with Gasteiger partial charge in [-0.2, -0.15) is 0 Å². The molecule has 106 valence electrons. The lowest BCUT2D eigenvalue weighted by atomic mass is 9.81. The SMILES string of the molecule is CCc1nc(NCCC2CCCC(C)C2)cc(=O)[nH]1. The van der Waals surface area contributed by atoms with E-state index in [9.17, 15) is 4.79 Å². The molecule has 2 N–H and O–H groups in total. The van der Waals surface area contributed by atoms with E-state index in [-0.39, 0.29) is 5.56 Å². The number of hydrogen-bond donors (Lipinski definition) is 2. The number of nitrogens with one attached hydrogen (secondary N) is 2. The van der Waals surface area contributed by atoms with Gasteiger partial charge in [-0.25, -0.2) is 4.98 Å². The highest BCUT2D eigenvalue weighted by atomic mass is 16.1. The Bertz CT molecular complexity index is 455. The molecule has 2 rings (SSSR count). The van der Waals surface area contributed by atoms with Crippen molar-refractivity contribution in [2.75, 3.05) is 11.9 Å². The predicted octanol–water partition coefficient (Wildman–Crippen LogP) is 2.96. The summed E-state index contributed by atoms with van der Waals surface area (Å²) in [4.78, 5) is 18.6. The first-order valence-corrected chi connectivity index (χ1v) is 7.51. The van der Waals surface area contributed by atoms with E-state index >= 15 is 0 Å². The summed E-state index contributed by atoms with van der Waals surface area (Å²) < 4.78 is 0. The fourth-order valence-electron chi connectivity index (χ4n) is 2.99. The maximum atomic E-state index is 11.4. The summed E-state index contributed by atoms with van der Waals surface area (Å²) in [6.45, 7) is 5.26. The number of rotatable bonds is 5. The molecule has 1 aromatic heterocycles. The van der Waals surface area contributed by atoms with Gasteiger partial charge in [0.25, 0.3) is 5.56 Å². The monoisotopic (exact) mass is 263 g/mol. The molecule has 0 bridgehead atoms. The molecule has 2 unspecified atom stereocenters. The Morgan fingerprint density at radius 1 is 1.47 bits per heavy atom. The maximum Gasteiger partial charge on any atom is 0.252 e. The van der Waals surface area contributed by atoms with E-state index in [1.165, 1.54) is 32.1 Å². The van der Waals surface area contributed by atoms with E-state index in [1.807, 2.05) is 6.92 Å². The van der Waals surface area contributed by atoms with Gasteiger partial charge >= 0.3 is 0 Å². The summed E-state index contributed by atoms with van der Waals surface area (Å²) in [5, 5.41) is 3.29. The highest BCUT2D eigenvalue weighted by molar-refractivity contribution is 5.32. The first-order valence-electron chi connectivity index (χ1n) is 7.51. The van der Waals surface area contributed by atoms with Gasteiger partial charge in [-0.1, -0.05) is 33.1 Å². The third-order valence-electron chi connectivity index (χ3n) is 4.03. The molecule has 2 atom stereocenters. The third-order valence-corrected chi connectivity index (χ3v) is 4.03. The van der Waals surface area contributed by atoms with Crippen molar-refractivity contribution < 1.29 is 0 Å². The first kappa shape index (κ1) is 14.1. The number of aromatic nitrogens is 2. The lowest BCUT2D eigenvalue weighted by molar-refractivity contribution is 0.274. The van der Waals surface area contributed by atoms with Gasteiger partial charge in [0, 0.05) is 19.0 Å². The van der Waals surface area contributed by atoms with E-state index in [2.05, 4.69) is 22.2 Å². The van der Waals surface area contributed by atoms with Gasteiger partial charge in [-0.3, -0.25) is 4.79 Å². The van der Waals surface area contributed by atoms with Gasteiger partial charge in [-0.05, 0) is 24.7 Å². The van der Waals surface area contributed by atoms with Crippen molar-refractivity contribution in [3.8, 4) is 0 Å². The smallest absolute Gasteiger partial charge is 0.252 e. The Morgan fingerprint density at radius 3 is 3.05 bits per heavy atom. The van der Waals surface area contributed by atoms with E-state index in [1.54, 1.807) is 6.07 Å². The summed E-state index contributed by atoms with van der Waals surface area (Å²) in [5.74, 6) is 3.18. The average Bonchev–Trinajstić information content (AvgIpc) is 2.38. The second kappa shape index (κ2) is 6.73. The highest BCUT2D eigenvalue weighted by Gasteiger charge is 2.18. The summed E-state index contributed by atoms with van der Waals surface area (Å²) in [7, 11) is 0. The Hall–Kier alpha value is -1.32. The molecule has 0 saturated heterocycles. The summed E-state index contributed by atoms with van der Waals surface area (Å²) in [6.07, 6.45) is 7.40. The van der Waals surface area contributed by atoms with Crippen molar-refractivity contribution in [2.24, 2.45) is 11.8 Å². The van der Waals surface area contributed by atoms with E-state index in [0.29, 0.717) is 5.82 Å². The van der Waals surface area contributed by atoms with Gasteiger partial charge < -0.3 is 10.3 Å². The van der Waals surface area contributed by atoms with Crippen LogP contribution >= 0.6 is 0 Å². The molecule has 0 spiro atoms. The molecule has 1 aliphatic carbocycles. The Kier molecular flexibility index (Phi) is 5.00. The minimum atomic E-state index is -0.0689. The zero-order chi connectivity index (χ0) is 13.7. The molecule has 1 aromatic rings. The van der Waals surface area contributed by atoms with Gasteiger partial charge in [0.1, 0.15) is 11.6 Å². The van der Waals surface area contributed by atoms with Crippen LogP contribution in [-0.2, 0) is 6.42 Å². The van der Waals surface area contributed by atoms with Crippen LogP contribution in [0.4, 0.5) is 5.82 Å². The topological polar surface area (TPSA) is 57.8 Å². The van der Waals surface area contributed by atoms with Crippen molar-refractivity contribution in [1.29, 1.82) is 0 Å². The minimum Gasteiger partial charge on any atom is -0.370 e. The summed E-state index contributed by atoms with van der Waals surface area (Å²) in [6, 6.07) is 1.54. The molecule has 0 radical (unpaired) electrons. The molecule has 0 aromatic carbocycles. The molecule has 1 fully saturated rings. The van der Waals surface area contributed by atoms with Crippen molar-refractivity contribution in [1.82, 2.24) is 9.97 Å². The molecular weight excluding hydrogens is 238 g/mol. The highest BCUT2D eigenvalue weighted by Crippen LogP contribution is 2.30. The van der Waals surface area contributed by atoms with Crippen LogP contribution in [0.15, 0.2) is 10.9 Å². The van der Waals surface area contributed by atoms with Gasteiger partial charge in [0.15, 0.2) is 0 Å². The minimum absolute atomic E-state index is 0.0689. The number of anilines is 1. The van der Waals surface area contributed by atoms with Gasteiger partial charge in [-0.15, -0.1) is 0 Å². The standard InChI is InChI=1S/C15H25N3O/c1-3-13-17-14(10-15(19)18-13)16-8-7-12-6-4-5-11(2)9-12/h10-12H,3-9H2,1-2H3,(H2,16,17,18,19). The number of aromatic amines is 1. The Labute approximate surface area is 115 Å². The summed E-state index contributed by atoms with van der Waals surface area (Å²) >= 11 is 0. The lowest BCUT2D eigenvalue weighted by Crippen LogP contribution is -2.18. The second-order valence-electron chi connectivity index (χ2n) is 5.78. The molecule has 4 heteroatoms. The molecular formula is C15H25N3O. The number of H-pyrrole nitrogens is 1. The number of hydrogen-bond acceptors (Lipinski definition) is 3. The third kappa shape index (κ3) is 4.37. The van der Waals surface area contributed by atoms with E-state index in [4.69, 9.17) is 0 Å². The van der Waals surface area contributed by atoms with E-state index in [0.717, 1.165) is 30.6 Å². The largest absolute Gasteiger partial charge is 0.370 e. The van der Waals surface area contributed by atoms with Crippen LogP contribution in [0.2, 0.25) is 0 Å². The van der Waals surface area contributed by atoms with Gasteiger partial charge in [0.2, 0.25) is 0 Å². The second-order valence-corrected chi connectivity index (χ2v) is 5.78. The quantitative estimate of drug-likeness (QED) is 0.858. The molecule has 4 nitrogen and oxygen atoms in total. The Morgan fingerprint density at radius 2 is 2.32 bits per heavy atom. The van der Waals surface area contributed by atoms with Gasteiger partial charge in [0.05, 0.1) is 0 Å². The maximum absolute atomic E-state index is 11.4. The van der Waals surface area contributed by atoms with Crippen LogP contribution in [0, 0.1) is 11.8 Å². The Balaban J connectivity index is 1.82. The van der Waals surface area contributed by atoms with Crippen LogP contribution in [0.1, 0.15) is 51.8 Å². The van der Waals surface area contributed by atoms with Crippen molar-refractivity contribution >= 4 is 5.82 Å². The average molecular weight is 263 g/mol. The molecule has 1 aliphatic rings. The predicted molar refractivity (Wildman–Crippen MR) is 78.5 cm³/mol. The van der Waals surface area contributed by atoms with Crippen LogP contribution in [0.5, 0.6) is 0 Å². The zero-order valence-corrected chi connectivity index (χ0v) is 12.0. The lowest BCUT2D eigenvalue weighted by Gasteiger charge is -2.26. The van der Waals surface area contributed by atoms with Crippen LogP contribution in [0.25, 0.3) is 0 Å². The molecule has 19 heavy (non-hydrogen) atoms. The normalized spacial score (nSPS) is 23.3. The summed E-state index contributed by atoms with van der Waals surface area (Å²) in [5.41, 5.74) is -0.0689. The number of nitrogens with zero attached hydrogens (tertiary/aromatic N) is 1. The van der Waals surface area contributed by atoms with Crippen LogP contribution < -0.4 is 10.9 Å². The fraction of sp³-hybridized carbons (Fsp3) is 0.733.